The van der Waals surface area contributed by atoms with Gasteiger partial charge in [0.25, 0.3) is 0 Å². The summed E-state index contributed by atoms with van der Waals surface area (Å²) in [4.78, 5) is 36.9. The molecule has 10 nitrogen and oxygen atoms in total. The summed E-state index contributed by atoms with van der Waals surface area (Å²) >= 11 is 0. The average molecular weight is 602 g/mol. The second-order valence-corrected chi connectivity index (χ2v) is 11.1. The molecule has 1 amide bonds. The summed E-state index contributed by atoms with van der Waals surface area (Å²) in [5.41, 5.74) is 1.88. The van der Waals surface area contributed by atoms with Crippen LogP contribution in [0.2, 0.25) is 0 Å². The molecule has 2 bridgehead atoms. The minimum Gasteiger partial charge on any atom is -0.475 e. The van der Waals surface area contributed by atoms with Crippen LogP contribution in [0.4, 0.5) is 18.0 Å². The first-order valence-electron chi connectivity index (χ1n) is 13.4. The van der Waals surface area contributed by atoms with Crippen LogP contribution in [0.3, 0.4) is 0 Å². The van der Waals surface area contributed by atoms with Crippen LogP contribution in [0.15, 0.2) is 54.7 Å². The zero-order valence-corrected chi connectivity index (χ0v) is 23.6. The van der Waals surface area contributed by atoms with Crippen LogP contribution in [0.25, 0.3) is 16.6 Å². The summed E-state index contributed by atoms with van der Waals surface area (Å²) in [5, 5.41) is 17.5. The molecule has 2 aliphatic rings. The third-order valence-corrected chi connectivity index (χ3v) is 6.81. The third-order valence-electron chi connectivity index (χ3n) is 6.81. The predicted molar refractivity (Wildman–Crippen MR) is 147 cm³/mol. The quantitative estimate of drug-likeness (QED) is 0.392. The number of aliphatic carboxylic acids is 1. The Kier molecular flexibility index (Phi) is 9.01. The first-order chi connectivity index (χ1) is 20.2. The minimum atomic E-state index is -5.08. The molecule has 2 aromatic carbocycles. The van der Waals surface area contributed by atoms with E-state index < -0.39 is 23.7 Å². The van der Waals surface area contributed by atoms with Crippen LogP contribution in [0, 0.1) is 11.3 Å². The zero-order valence-electron chi connectivity index (χ0n) is 23.6. The van der Waals surface area contributed by atoms with E-state index in [1.54, 1.807) is 17.2 Å². The van der Waals surface area contributed by atoms with E-state index in [1.807, 2.05) is 67.8 Å². The number of halogens is 3. The Morgan fingerprint density at radius 3 is 2.16 bits per heavy atom. The maximum Gasteiger partial charge on any atom is 0.490 e. The van der Waals surface area contributed by atoms with E-state index >= 15 is 0 Å². The van der Waals surface area contributed by atoms with Crippen molar-refractivity contribution in [3.8, 4) is 11.8 Å². The number of hydrogen-bond donors (Lipinski definition) is 1. The number of rotatable bonds is 3. The Hall–Kier alpha value is -4.57. The normalized spacial score (nSPS) is 19.9. The van der Waals surface area contributed by atoms with Gasteiger partial charge >= 0.3 is 24.2 Å². The molecule has 0 spiro atoms. The summed E-state index contributed by atoms with van der Waals surface area (Å²) < 4.78 is 50.9. The maximum absolute atomic E-state index is 13.4. The number of ether oxygens (including phenoxy) is 3. The van der Waals surface area contributed by atoms with Gasteiger partial charge in [-0.3, -0.25) is 4.90 Å². The van der Waals surface area contributed by atoms with Crippen molar-refractivity contribution >= 4 is 28.9 Å². The van der Waals surface area contributed by atoms with E-state index in [1.165, 1.54) is 0 Å². The third kappa shape index (κ3) is 7.26. The molecule has 0 unspecified atom stereocenters. The molecule has 3 heterocycles. The summed E-state index contributed by atoms with van der Waals surface area (Å²) in [6, 6.07) is 16.6. The number of nitrogens with zero attached hydrogens (tertiary/aromatic N) is 3. The van der Waals surface area contributed by atoms with Gasteiger partial charge in [-0.1, -0.05) is 30.3 Å². The second-order valence-electron chi connectivity index (χ2n) is 11.1. The lowest BCUT2D eigenvalue weighted by Crippen LogP contribution is -2.61. The van der Waals surface area contributed by atoms with Crippen LogP contribution >= 0.6 is 0 Å². The number of aromatic nitrogens is 1. The molecule has 0 saturated carbocycles. The number of para-hydroxylation sites is 2. The zero-order chi connectivity index (χ0) is 31.5. The van der Waals surface area contributed by atoms with E-state index in [0.29, 0.717) is 42.9 Å². The molecule has 5 rings (SSSR count). The molecule has 3 atom stereocenters. The summed E-state index contributed by atoms with van der Waals surface area (Å²) in [6.45, 7) is 6.30. The highest BCUT2D eigenvalue weighted by Crippen LogP contribution is 2.33. The van der Waals surface area contributed by atoms with Gasteiger partial charge in [0, 0.05) is 24.4 Å². The largest absolute Gasteiger partial charge is 0.490 e. The summed E-state index contributed by atoms with van der Waals surface area (Å²) in [7, 11) is 0. The topological polar surface area (TPSA) is 131 Å². The van der Waals surface area contributed by atoms with Gasteiger partial charge in [0.2, 0.25) is 0 Å². The monoisotopic (exact) mass is 601 g/mol. The second kappa shape index (κ2) is 12.3. The number of esters is 1. The first-order valence-corrected chi connectivity index (χ1v) is 13.4. The molecule has 2 fully saturated rings. The highest BCUT2D eigenvalue weighted by atomic mass is 19.4. The van der Waals surface area contributed by atoms with Gasteiger partial charge in [0.05, 0.1) is 47.6 Å². The van der Waals surface area contributed by atoms with Gasteiger partial charge in [0.15, 0.2) is 0 Å². The highest BCUT2D eigenvalue weighted by molar-refractivity contribution is 6.05. The molecular formula is C30H30F3N3O7. The number of hydrogen-bond acceptors (Lipinski definition) is 7. The molecule has 3 aromatic rings. The Balaban J connectivity index is 0.000000541. The van der Waals surface area contributed by atoms with Crippen LogP contribution in [-0.2, 0) is 19.0 Å². The molecule has 0 radical (unpaired) electrons. The molecular weight excluding hydrogens is 571 g/mol. The van der Waals surface area contributed by atoms with Crippen molar-refractivity contribution in [2.45, 2.75) is 63.6 Å². The van der Waals surface area contributed by atoms with Gasteiger partial charge in [-0.05, 0) is 39.0 Å². The standard InChI is InChI=1S/C28H29N3O5.C2HF3O2/c1-28(2,3)36-27(33)31-19-12-21(13-20(31)17-34-16-19)35-26(32)23-15-30(25-11-7-5-9-22(23)25)24-10-6-4-8-18(24)14-29;3-2(4,5)1(6)7/h4-11,15,19-21H,12-13,16-17H2,1-3H3;(H,6,7)/t19-,20+,21-;. The van der Waals surface area contributed by atoms with Crippen molar-refractivity contribution < 1.29 is 46.9 Å². The van der Waals surface area contributed by atoms with E-state index in [-0.39, 0.29) is 24.3 Å². The minimum absolute atomic E-state index is 0.214. The number of alkyl halides is 3. The van der Waals surface area contributed by atoms with E-state index in [2.05, 4.69) is 6.07 Å². The molecule has 1 aromatic heterocycles. The first kappa shape index (κ1) is 31.4. The molecule has 43 heavy (non-hydrogen) atoms. The Morgan fingerprint density at radius 1 is 1.00 bits per heavy atom. The number of carboxylic acid groups (broad SMARTS) is 1. The molecule has 0 aliphatic carbocycles. The summed E-state index contributed by atoms with van der Waals surface area (Å²) in [5.74, 6) is -3.18. The lowest BCUT2D eigenvalue weighted by Gasteiger charge is -2.47. The van der Waals surface area contributed by atoms with Crippen LogP contribution in [0.1, 0.15) is 49.5 Å². The smallest absolute Gasteiger partial charge is 0.475 e. The fraction of sp³-hybridized carbons (Fsp3) is 0.400. The van der Waals surface area contributed by atoms with E-state index in [0.717, 1.165) is 10.9 Å². The van der Waals surface area contributed by atoms with Gasteiger partial charge in [-0.25, -0.2) is 14.4 Å². The van der Waals surface area contributed by atoms with Crippen molar-refractivity contribution in [1.29, 1.82) is 5.26 Å². The summed E-state index contributed by atoms with van der Waals surface area (Å²) in [6.07, 6.45) is -3.08. The maximum atomic E-state index is 13.4. The average Bonchev–Trinajstić information content (AvgIpc) is 3.31. The van der Waals surface area contributed by atoms with Gasteiger partial charge in [-0.2, -0.15) is 18.4 Å². The van der Waals surface area contributed by atoms with Gasteiger partial charge in [0.1, 0.15) is 17.8 Å². The number of carboxylic acids is 1. The number of fused-ring (bicyclic) bond motifs is 3. The number of benzene rings is 2. The number of piperidine rings is 1. The number of nitriles is 1. The van der Waals surface area contributed by atoms with Crippen LogP contribution in [-0.4, -0.2) is 75.8 Å². The lowest BCUT2D eigenvalue weighted by atomic mass is 9.92. The van der Waals surface area contributed by atoms with Crippen molar-refractivity contribution in [3.05, 3.63) is 65.9 Å². The number of amides is 1. The van der Waals surface area contributed by atoms with Gasteiger partial charge in [-0.15, -0.1) is 0 Å². The molecule has 1 N–H and O–H groups in total. The molecule has 13 heteroatoms. The van der Waals surface area contributed by atoms with Crippen molar-refractivity contribution in [2.24, 2.45) is 0 Å². The Labute approximate surface area is 245 Å². The molecule has 228 valence electrons. The van der Waals surface area contributed by atoms with Crippen molar-refractivity contribution in [3.63, 3.8) is 0 Å². The Bertz CT molecular complexity index is 1540. The fourth-order valence-electron chi connectivity index (χ4n) is 5.11. The van der Waals surface area contributed by atoms with Crippen molar-refractivity contribution in [1.82, 2.24) is 9.47 Å². The predicted octanol–water partition coefficient (Wildman–Crippen LogP) is 5.46. The molecule has 2 aliphatic heterocycles. The Morgan fingerprint density at radius 2 is 1.58 bits per heavy atom. The number of carbonyl (C=O) groups is 3. The highest BCUT2D eigenvalue weighted by Gasteiger charge is 2.44. The number of carbonyl (C=O) groups excluding carboxylic acids is 2. The van der Waals surface area contributed by atoms with Crippen LogP contribution in [0.5, 0.6) is 0 Å². The van der Waals surface area contributed by atoms with Gasteiger partial charge < -0.3 is 23.9 Å². The fourth-order valence-corrected chi connectivity index (χ4v) is 5.11. The lowest BCUT2D eigenvalue weighted by molar-refractivity contribution is -0.192. The number of morpholine rings is 1. The van der Waals surface area contributed by atoms with E-state index in [4.69, 9.17) is 24.1 Å². The van der Waals surface area contributed by atoms with Crippen molar-refractivity contribution in [2.75, 3.05) is 13.2 Å². The SMILES string of the molecule is CC(C)(C)OC(=O)N1[C@@H]2COC[C@H]1C[C@@H](OC(=O)c1cn(-c3ccccc3C#N)c3ccccc13)C2.O=C(O)C(F)(F)F. The van der Waals surface area contributed by atoms with E-state index in [9.17, 15) is 28.0 Å². The van der Waals surface area contributed by atoms with Crippen LogP contribution < -0.4 is 0 Å². The molecule has 2 saturated heterocycles.